The lowest BCUT2D eigenvalue weighted by molar-refractivity contribution is 0.0995. The number of sulfonamides is 1. The van der Waals surface area contributed by atoms with E-state index in [0.717, 1.165) is 12.8 Å². The van der Waals surface area contributed by atoms with E-state index in [1.165, 1.54) is 22.2 Å². The molecular weight excluding hydrogens is 398 g/mol. The second kappa shape index (κ2) is 7.53. The van der Waals surface area contributed by atoms with Crippen LogP contribution >= 0.6 is 0 Å². The normalized spacial score (nSPS) is 17.6. The smallest absolute Gasteiger partial charge is 0.414 e. The summed E-state index contributed by atoms with van der Waals surface area (Å²) < 4.78 is 37.3. The summed E-state index contributed by atoms with van der Waals surface area (Å²) in [7, 11) is -3.68. The molecule has 1 aromatic heterocycles. The van der Waals surface area contributed by atoms with E-state index in [0.29, 0.717) is 37.6 Å². The number of aryl methyl sites for hydroxylation is 1. The first-order valence-electron chi connectivity index (χ1n) is 9.32. The number of carbonyl (C=O) groups is 2. The van der Waals surface area contributed by atoms with Crippen LogP contribution < -0.4 is 10.2 Å². The lowest BCUT2D eigenvalue weighted by atomic mass is 10.2. The van der Waals surface area contributed by atoms with Gasteiger partial charge in [-0.15, -0.1) is 0 Å². The van der Waals surface area contributed by atoms with Gasteiger partial charge in [-0.2, -0.15) is 4.31 Å². The minimum absolute atomic E-state index is 0.0121. The van der Waals surface area contributed by atoms with Crippen molar-refractivity contribution in [2.24, 2.45) is 0 Å². The monoisotopic (exact) mass is 419 g/mol. The molecule has 0 bridgehead atoms. The van der Waals surface area contributed by atoms with Gasteiger partial charge in [0.05, 0.1) is 6.54 Å². The summed E-state index contributed by atoms with van der Waals surface area (Å²) in [6, 6.07) is 8.01. The minimum atomic E-state index is -3.68. The molecule has 0 spiro atoms. The SMILES string of the molecule is Cc1oc(C(=O)Nc2cccc(N3CCOC3=O)c2)cc1S(=O)(=O)N1CCCC1. The summed E-state index contributed by atoms with van der Waals surface area (Å²) in [5.74, 6) is -0.487. The number of amides is 2. The summed E-state index contributed by atoms with van der Waals surface area (Å²) in [6.07, 6.45) is 1.21. The first-order chi connectivity index (χ1) is 13.9. The van der Waals surface area contributed by atoms with Crippen molar-refractivity contribution in [2.45, 2.75) is 24.7 Å². The maximum atomic E-state index is 12.8. The summed E-state index contributed by atoms with van der Waals surface area (Å²) in [5.41, 5.74) is 1.04. The van der Waals surface area contributed by atoms with Crippen LogP contribution in [0.5, 0.6) is 0 Å². The van der Waals surface area contributed by atoms with E-state index < -0.39 is 22.0 Å². The average Bonchev–Trinajstić information content (AvgIpc) is 3.42. The van der Waals surface area contributed by atoms with Gasteiger partial charge in [0.25, 0.3) is 5.91 Å². The first-order valence-corrected chi connectivity index (χ1v) is 10.8. The van der Waals surface area contributed by atoms with Crippen molar-refractivity contribution in [1.82, 2.24) is 4.31 Å². The van der Waals surface area contributed by atoms with Gasteiger partial charge >= 0.3 is 6.09 Å². The number of carbonyl (C=O) groups excluding carboxylic acids is 2. The molecule has 2 fully saturated rings. The molecule has 0 radical (unpaired) electrons. The van der Waals surface area contributed by atoms with Gasteiger partial charge < -0.3 is 14.5 Å². The molecule has 2 aromatic rings. The van der Waals surface area contributed by atoms with Crippen molar-refractivity contribution in [3.63, 3.8) is 0 Å². The van der Waals surface area contributed by atoms with Crippen LogP contribution in [0.15, 0.2) is 39.6 Å². The number of hydrogen-bond acceptors (Lipinski definition) is 6. The molecule has 0 unspecified atom stereocenters. The Morgan fingerprint density at radius 2 is 1.90 bits per heavy atom. The van der Waals surface area contributed by atoms with Gasteiger partial charge in [-0.1, -0.05) is 6.07 Å². The van der Waals surface area contributed by atoms with Crippen molar-refractivity contribution in [3.05, 3.63) is 41.9 Å². The van der Waals surface area contributed by atoms with Gasteiger partial charge in [0.2, 0.25) is 10.0 Å². The van der Waals surface area contributed by atoms with Crippen molar-refractivity contribution >= 4 is 33.4 Å². The summed E-state index contributed by atoms with van der Waals surface area (Å²) in [5, 5.41) is 2.68. The molecule has 154 valence electrons. The molecule has 0 saturated carbocycles. The third kappa shape index (κ3) is 3.73. The molecule has 29 heavy (non-hydrogen) atoms. The molecule has 0 atom stereocenters. The topological polar surface area (TPSA) is 109 Å². The van der Waals surface area contributed by atoms with E-state index in [9.17, 15) is 18.0 Å². The van der Waals surface area contributed by atoms with E-state index in [4.69, 9.17) is 9.15 Å². The van der Waals surface area contributed by atoms with E-state index in [1.807, 2.05) is 0 Å². The quantitative estimate of drug-likeness (QED) is 0.798. The highest BCUT2D eigenvalue weighted by molar-refractivity contribution is 7.89. The number of rotatable bonds is 5. The Kier molecular flexibility index (Phi) is 5.05. The number of hydrogen-bond donors (Lipinski definition) is 1. The van der Waals surface area contributed by atoms with Gasteiger partial charge in [0.1, 0.15) is 17.3 Å². The second-order valence-electron chi connectivity index (χ2n) is 6.91. The lowest BCUT2D eigenvalue weighted by Gasteiger charge is -2.14. The molecule has 4 rings (SSSR count). The van der Waals surface area contributed by atoms with E-state index >= 15 is 0 Å². The number of nitrogens with one attached hydrogen (secondary N) is 1. The Balaban J connectivity index is 1.53. The fourth-order valence-corrected chi connectivity index (χ4v) is 5.15. The predicted molar refractivity (Wildman–Crippen MR) is 105 cm³/mol. The maximum absolute atomic E-state index is 12.8. The molecular formula is C19H21N3O6S. The van der Waals surface area contributed by atoms with Crippen LogP contribution in [-0.4, -0.2) is 51.0 Å². The Morgan fingerprint density at radius 3 is 2.59 bits per heavy atom. The largest absolute Gasteiger partial charge is 0.455 e. The minimum Gasteiger partial charge on any atom is -0.455 e. The Hall–Kier alpha value is -2.85. The number of ether oxygens (including phenoxy) is 1. The molecule has 10 heteroatoms. The molecule has 3 heterocycles. The lowest BCUT2D eigenvalue weighted by Crippen LogP contribution is -2.28. The number of furan rings is 1. The van der Waals surface area contributed by atoms with E-state index in [-0.39, 0.29) is 16.4 Å². The van der Waals surface area contributed by atoms with Crippen molar-refractivity contribution < 1.29 is 27.2 Å². The molecule has 2 aliphatic rings. The summed E-state index contributed by atoms with van der Waals surface area (Å²) in [4.78, 5) is 25.8. The van der Waals surface area contributed by atoms with Crippen LogP contribution in [0.2, 0.25) is 0 Å². The first kappa shape index (κ1) is 19.5. The van der Waals surface area contributed by atoms with Crippen LogP contribution in [0.25, 0.3) is 0 Å². The molecule has 1 N–H and O–H groups in total. The third-order valence-electron chi connectivity index (χ3n) is 4.96. The van der Waals surface area contributed by atoms with Crippen LogP contribution in [0.1, 0.15) is 29.2 Å². The summed E-state index contributed by atoms with van der Waals surface area (Å²) >= 11 is 0. The van der Waals surface area contributed by atoms with E-state index in [1.54, 1.807) is 24.3 Å². The maximum Gasteiger partial charge on any atom is 0.414 e. The van der Waals surface area contributed by atoms with Crippen LogP contribution in [0.4, 0.5) is 16.2 Å². The van der Waals surface area contributed by atoms with Gasteiger partial charge in [0.15, 0.2) is 5.76 Å². The molecule has 1 aromatic carbocycles. The Morgan fingerprint density at radius 1 is 1.14 bits per heavy atom. The highest BCUT2D eigenvalue weighted by Crippen LogP contribution is 2.27. The van der Waals surface area contributed by atoms with Crippen LogP contribution in [-0.2, 0) is 14.8 Å². The van der Waals surface area contributed by atoms with Gasteiger partial charge in [-0.3, -0.25) is 9.69 Å². The third-order valence-corrected chi connectivity index (χ3v) is 6.96. The fraction of sp³-hybridized carbons (Fsp3) is 0.368. The summed E-state index contributed by atoms with van der Waals surface area (Å²) in [6.45, 7) is 3.22. The fourth-order valence-electron chi connectivity index (χ4n) is 3.47. The van der Waals surface area contributed by atoms with Gasteiger partial charge in [0, 0.05) is 30.5 Å². The zero-order chi connectivity index (χ0) is 20.6. The standard InChI is InChI=1S/C19H21N3O6S/c1-13-17(29(25,26)21-7-2-3-8-21)12-16(28-13)18(23)20-14-5-4-6-15(11-14)22-9-10-27-19(22)24/h4-6,11-12H,2-3,7-10H2,1H3,(H,20,23). The number of benzene rings is 1. The second-order valence-corrected chi connectivity index (χ2v) is 8.82. The zero-order valence-corrected chi connectivity index (χ0v) is 16.7. The molecule has 2 amide bonds. The predicted octanol–water partition coefficient (Wildman–Crippen LogP) is 2.58. The zero-order valence-electron chi connectivity index (χ0n) is 15.9. The van der Waals surface area contributed by atoms with Crippen molar-refractivity contribution in [1.29, 1.82) is 0 Å². The Labute approximate surface area is 168 Å². The molecule has 2 saturated heterocycles. The van der Waals surface area contributed by atoms with Gasteiger partial charge in [-0.25, -0.2) is 13.2 Å². The Bertz CT molecular complexity index is 1060. The number of nitrogens with zero attached hydrogens (tertiary/aromatic N) is 2. The average molecular weight is 419 g/mol. The van der Waals surface area contributed by atoms with Crippen LogP contribution in [0.3, 0.4) is 0 Å². The van der Waals surface area contributed by atoms with Crippen LogP contribution in [0, 0.1) is 6.92 Å². The molecule has 2 aliphatic heterocycles. The van der Waals surface area contributed by atoms with E-state index in [2.05, 4.69) is 5.32 Å². The van der Waals surface area contributed by atoms with Gasteiger partial charge in [-0.05, 0) is 38.0 Å². The van der Waals surface area contributed by atoms with Crippen molar-refractivity contribution in [3.8, 4) is 0 Å². The molecule has 0 aliphatic carbocycles. The highest BCUT2D eigenvalue weighted by Gasteiger charge is 2.32. The van der Waals surface area contributed by atoms with Crippen molar-refractivity contribution in [2.75, 3.05) is 36.5 Å². The molecule has 9 nitrogen and oxygen atoms in total. The number of cyclic esters (lactones) is 1. The number of anilines is 2. The highest BCUT2D eigenvalue weighted by atomic mass is 32.2.